The third-order valence-corrected chi connectivity index (χ3v) is 5.64. The van der Waals surface area contributed by atoms with Crippen LogP contribution in [0.2, 0.25) is 5.02 Å². The van der Waals surface area contributed by atoms with Gasteiger partial charge in [0.25, 0.3) is 0 Å². The lowest BCUT2D eigenvalue weighted by molar-refractivity contribution is 0.0697. The van der Waals surface area contributed by atoms with Gasteiger partial charge >= 0.3 is 5.97 Å². The highest BCUT2D eigenvalue weighted by atomic mass is 35.5. The van der Waals surface area contributed by atoms with Crippen molar-refractivity contribution in [1.29, 1.82) is 0 Å². The Bertz CT molecular complexity index is 1250. The Morgan fingerprint density at radius 3 is 2.58 bits per heavy atom. The molecule has 0 saturated carbocycles. The molecule has 2 N–H and O–H groups in total. The molecule has 0 amide bonds. The number of benzene rings is 4. The largest absolute Gasteiger partial charge is 0.489 e. The number of hydrogen-bond acceptors (Lipinski definition) is 3. The highest BCUT2D eigenvalue weighted by molar-refractivity contribution is 6.33. The first-order valence-corrected chi connectivity index (χ1v) is 10.4. The number of halogens is 1. The smallest absolute Gasteiger partial charge is 0.335 e. The molecule has 0 spiro atoms. The molecule has 0 aliphatic carbocycles. The van der Waals surface area contributed by atoms with Crippen molar-refractivity contribution in [2.24, 2.45) is 0 Å². The van der Waals surface area contributed by atoms with E-state index in [-0.39, 0.29) is 5.56 Å². The van der Waals surface area contributed by atoms with Crippen LogP contribution >= 0.6 is 11.6 Å². The Morgan fingerprint density at radius 1 is 1.00 bits per heavy atom. The van der Waals surface area contributed by atoms with Gasteiger partial charge in [0.15, 0.2) is 0 Å². The molecular formula is C26H22ClNO3. The van der Waals surface area contributed by atoms with Gasteiger partial charge in [-0.3, -0.25) is 0 Å². The Labute approximate surface area is 186 Å². The monoisotopic (exact) mass is 431 g/mol. The predicted octanol–water partition coefficient (Wildman–Crippen LogP) is 6.69. The standard InChI is InChI=1S/C26H22ClNO3/c1-17-6-2-3-8-20(17)16-31-25-13-11-18-7-4-5-9-21(18)22(25)15-28-24-14-19(26(29)30)10-12-23(24)27/h2-14,28H,15-16H2,1H3,(H,29,30). The molecule has 31 heavy (non-hydrogen) atoms. The summed E-state index contributed by atoms with van der Waals surface area (Å²) in [7, 11) is 0. The van der Waals surface area contributed by atoms with E-state index in [0.29, 0.717) is 23.9 Å². The molecule has 5 heteroatoms. The minimum atomic E-state index is -0.993. The Morgan fingerprint density at radius 2 is 1.77 bits per heavy atom. The molecule has 0 bridgehead atoms. The van der Waals surface area contributed by atoms with Crippen LogP contribution in [-0.4, -0.2) is 11.1 Å². The SMILES string of the molecule is Cc1ccccc1COc1ccc2ccccc2c1CNc1cc(C(=O)O)ccc1Cl. The predicted molar refractivity (Wildman–Crippen MR) is 125 cm³/mol. The number of carbonyl (C=O) groups is 1. The van der Waals surface area contributed by atoms with Crippen molar-refractivity contribution < 1.29 is 14.6 Å². The van der Waals surface area contributed by atoms with Crippen molar-refractivity contribution in [3.8, 4) is 5.75 Å². The van der Waals surface area contributed by atoms with Crippen LogP contribution in [0.1, 0.15) is 27.0 Å². The van der Waals surface area contributed by atoms with E-state index in [1.54, 1.807) is 12.1 Å². The number of aromatic carboxylic acids is 1. The number of anilines is 1. The molecule has 4 nitrogen and oxygen atoms in total. The van der Waals surface area contributed by atoms with E-state index >= 15 is 0 Å². The molecule has 0 unspecified atom stereocenters. The van der Waals surface area contributed by atoms with Crippen molar-refractivity contribution in [2.75, 3.05) is 5.32 Å². The summed E-state index contributed by atoms with van der Waals surface area (Å²) < 4.78 is 6.23. The lowest BCUT2D eigenvalue weighted by atomic mass is 10.0. The van der Waals surface area contributed by atoms with Crippen molar-refractivity contribution >= 4 is 34.0 Å². The van der Waals surface area contributed by atoms with Gasteiger partial charge in [0.1, 0.15) is 12.4 Å². The molecule has 0 aromatic heterocycles. The van der Waals surface area contributed by atoms with Crippen LogP contribution in [0.4, 0.5) is 5.69 Å². The lowest BCUT2D eigenvalue weighted by Gasteiger charge is -2.17. The van der Waals surface area contributed by atoms with Gasteiger partial charge in [0.05, 0.1) is 16.3 Å². The summed E-state index contributed by atoms with van der Waals surface area (Å²) in [5.41, 5.74) is 4.05. The fourth-order valence-corrected chi connectivity index (χ4v) is 3.72. The normalized spacial score (nSPS) is 10.8. The lowest BCUT2D eigenvalue weighted by Crippen LogP contribution is -2.06. The second-order valence-corrected chi connectivity index (χ2v) is 7.74. The summed E-state index contributed by atoms with van der Waals surface area (Å²) in [6.07, 6.45) is 0. The molecule has 4 aromatic rings. The van der Waals surface area contributed by atoms with Crippen LogP contribution in [0.3, 0.4) is 0 Å². The highest BCUT2D eigenvalue weighted by Gasteiger charge is 2.12. The molecule has 0 atom stereocenters. The van der Waals surface area contributed by atoms with Crippen molar-refractivity contribution in [3.05, 3.63) is 106 Å². The summed E-state index contributed by atoms with van der Waals surface area (Å²) in [6.45, 7) is 2.97. The van der Waals surface area contributed by atoms with Crippen LogP contribution < -0.4 is 10.1 Å². The quantitative estimate of drug-likeness (QED) is 0.342. The van der Waals surface area contributed by atoms with E-state index in [1.165, 1.54) is 11.6 Å². The maximum atomic E-state index is 11.3. The van der Waals surface area contributed by atoms with Gasteiger partial charge in [0.2, 0.25) is 0 Å². The third-order valence-electron chi connectivity index (χ3n) is 5.31. The van der Waals surface area contributed by atoms with Crippen LogP contribution in [0.25, 0.3) is 10.8 Å². The summed E-state index contributed by atoms with van der Waals surface area (Å²) in [5, 5.41) is 15.2. The summed E-state index contributed by atoms with van der Waals surface area (Å²) >= 11 is 6.30. The minimum absolute atomic E-state index is 0.181. The molecule has 4 aromatic carbocycles. The van der Waals surface area contributed by atoms with E-state index in [1.807, 2.05) is 36.4 Å². The number of aryl methyl sites for hydroxylation is 1. The molecule has 0 aliphatic heterocycles. The van der Waals surface area contributed by atoms with E-state index in [9.17, 15) is 9.90 Å². The van der Waals surface area contributed by atoms with Crippen molar-refractivity contribution in [1.82, 2.24) is 0 Å². The maximum absolute atomic E-state index is 11.3. The molecule has 0 heterocycles. The average Bonchev–Trinajstić information content (AvgIpc) is 2.78. The van der Waals surface area contributed by atoms with Crippen molar-refractivity contribution in [2.45, 2.75) is 20.1 Å². The second kappa shape index (κ2) is 9.11. The average molecular weight is 432 g/mol. The van der Waals surface area contributed by atoms with Gasteiger partial charge in [-0.25, -0.2) is 4.79 Å². The van der Waals surface area contributed by atoms with Gasteiger partial charge in [-0.15, -0.1) is 0 Å². The first-order valence-electron chi connectivity index (χ1n) is 9.97. The number of hydrogen-bond donors (Lipinski definition) is 2. The zero-order chi connectivity index (χ0) is 21.8. The number of carboxylic acid groups (broad SMARTS) is 1. The Kier molecular flexibility index (Phi) is 6.10. The summed E-state index contributed by atoms with van der Waals surface area (Å²) in [5.74, 6) is -0.216. The van der Waals surface area contributed by atoms with Crippen LogP contribution in [0, 0.1) is 6.92 Å². The molecular weight excluding hydrogens is 410 g/mol. The molecule has 156 valence electrons. The van der Waals surface area contributed by atoms with Crippen molar-refractivity contribution in [3.63, 3.8) is 0 Å². The van der Waals surface area contributed by atoms with Gasteiger partial charge in [-0.05, 0) is 53.1 Å². The number of ether oxygens (including phenoxy) is 1. The van der Waals surface area contributed by atoms with E-state index < -0.39 is 5.97 Å². The second-order valence-electron chi connectivity index (χ2n) is 7.33. The first kappa shape index (κ1) is 20.8. The number of nitrogens with one attached hydrogen (secondary N) is 1. The van der Waals surface area contributed by atoms with Gasteiger partial charge < -0.3 is 15.2 Å². The third kappa shape index (κ3) is 4.65. The fraction of sp³-hybridized carbons (Fsp3) is 0.115. The topological polar surface area (TPSA) is 58.6 Å². The Hall–Kier alpha value is -3.50. The van der Waals surface area contributed by atoms with Gasteiger partial charge in [0, 0.05) is 12.1 Å². The molecule has 0 fully saturated rings. The maximum Gasteiger partial charge on any atom is 0.335 e. The van der Waals surface area contributed by atoms with E-state index in [4.69, 9.17) is 16.3 Å². The summed E-state index contributed by atoms with van der Waals surface area (Å²) in [6, 6.07) is 24.9. The van der Waals surface area contributed by atoms with Crippen LogP contribution in [0.15, 0.2) is 78.9 Å². The van der Waals surface area contributed by atoms with Gasteiger partial charge in [-0.2, -0.15) is 0 Å². The van der Waals surface area contributed by atoms with E-state index in [0.717, 1.165) is 27.6 Å². The zero-order valence-electron chi connectivity index (χ0n) is 17.1. The van der Waals surface area contributed by atoms with E-state index in [2.05, 4.69) is 36.5 Å². The highest BCUT2D eigenvalue weighted by Crippen LogP contribution is 2.31. The zero-order valence-corrected chi connectivity index (χ0v) is 17.8. The molecule has 4 rings (SSSR count). The molecule has 0 saturated heterocycles. The number of fused-ring (bicyclic) bond motifs is 1. The van der Waals surface area contributed by atoms with Gasteiger partial charge in [-0.1, -0.05) is 66.2 Å². The van der Waals surface area contributed by atoms with Crippen LogP contribution in [0.5, 0.6) is 5.75 Å². The Balaban J connectivity index is 1.65. The fourth-order valence-electron chi connectivity index (χ4n) is 3.54. The molecule has 0 aliphatic rings. The first-order chi connectivity index (χ1) is 15.0. The molecule has 0 radical (unpaired) electrons. The van der Waals surface area contributed by atoms with Crippen LogP contribution in [-0.2, 0) is 13.2 Å². The number of rotatable bonds is 7. The summed E-state index contributed by atoms with van der Waals surface area (Å²) in [4.78, 5) is 11.3. The minimum Gasteiger partial charge on any atom is -0.489 e. The number of carboxylic acids is 1.